The number of hydrogen-bond donors (Lipinski definition) is 2. The SMILES string of the molecule is Cn1c(=O)oc2ccc(NC(=O)C3(N)CC3)cc21. The highest BCUT2D eigenvalue weighted by atomic mass is 16.4. The minimum Gasteiger partial charge on any atom is -0.408 e. The van der Waals surface area contributed by atoms with Crippen LogP contribution in [-0.4, -0.2) is 16.0 Å². The smallest absolute Gasteiger partial charge is 0.408 e. The standard InChI is InChI=1S/C12H13N3O3/c1-15-8-6-7(2-3-9(8)18-11(15)17)14-10(16)12(13)4-5-12/h2-3,6H,4-5,13H2,1H3,(H,14,16). The van der Waals surface area contributed by atoms with Crippen molar-refractivity contribution in [3.63, 3.8) is 0 Å². The second-order valence-corrected chi connectivity index (χ2v) is 4.72. The molecule has 1 heterocycles. The van der Waals surface area contributed by atoms with Gasteiger partial charge in [-0.25, -0.2) is 4.79 Å². The fourth-order valence-electron chi connectivity index (χ4n) is 1.82. The molecule has 0 bridgehead atoms. The van der Waals surface area contributed by atoms with E-state index in [1.807, 2.05) is 0 Å². The van der Waals surface area contributed by atoms with Gasteiger partial charge in [-0.05, 0) is 31.0 Å². The van der Waals surface area contributed by atoms with Crippen LogP contribution in [0, 0.1) is 0 Å². The maximum absolute atomic E-state index is 11.8. The van der Waals surface area contributed by atoms with Crippen LogP contribution in [0.5, 0.6) is 0 Å². The van der Waals surface area contributed by atoms with Gasteiger partial charge in [-0.15, -0.1) is 0 Å². The first kappa shape index (κ1) is 11.0. The fraction of sp³-hybridized carbons (Fsp3) is 0.333. The van der Waals surface area contributed by atoms with Crippen LogP contribution in [0.15, 0.2) is 27.4 Å². The molecule has 0 atom stereocenters. The Morgan fingerprint density at radius 2 is 2.22 bits per heavy atom. The second-order valence-electron chi connectivity index (χ2n) is 4.72. The summed E-state index contributed by atoms with van der Waals surface area (Å²) in [6.45, 7) is 0. The Labute approximate surface area is 102 Å². The predicted octanol–water partition coefficient (Wildman–Crippen LogP) is 0.561. The van der Waals surface area contributed by atoms with Crippen molar-refractivity contribution in [1.29, 1.82) is 0 Å². The number of aryl methyl sites for hydroxylation is 1. The van der Waals surface area contributed by atoms with Gasteiger partial charge in [-0.3, -0.25) is 9.36 Å². The number of nitrogens with zero attached hydrogens (tertiary/aromatic N) is 1. The van der Waals surface area contributed by atoms with Crippen LogP contribution in [0.1, 0.15) is 12.8 Å². The van der Waals surface area contributed by atoms with E-state index >= 15 is 0 Å². The third-order valence-electron chi connectivity index (χ3n) is 3.29. The zero-order valence-corrected chi connectivity index (χ0v) is 9.90. The average molecular weight is 247 g/mol. The molecule has 0 unspecified atom stereocenters. The van der Waals surface area contributed by atoms with Gasteiger partial charge in [0.25, 0.3) is 0 Å². The zero-order chi connectivity index (χ0) is 12.9. The zero-order valence-electron chi connectivity index (χ0n) is 9.90. The highest BCUT2D eigenvalue weighted by molar-refractivity contribution is 6.00. The number of fused-ring (bicyclic) bond motifs is 1. The fourth-order valence-corrected chi connectivity index (χ4v) is 1.82. The van der Waals surface area contributed by atoms with E-state index in [2.05, 4.69) is 5.32 Å². The summed E-state index contributed by atoms with van der Waals surface area (Å²) in [4.78, 5) is 23.1. The molecular weight excluding hydrogens is 234 g/mol. The Morgan fingerprint density at radius 3 is 2.89 bits per heavy atom. The van der Waals surface area contributed by atoms with E-state index < -0.39 is 11.3 Å². The monoisotopic (exact) mass is 247 g/mol. The summed E-state index contributed by atoms with van der Waals surface area (Å²) in [7, 11) is 1.62. The van der Waals surface area contributed by atoms with Crippen molar-refractivity contribution in [3.05, 3.63) is 28.7 Å². The molecule has 1 amide bonds. The molecular formula is C12H13N3O3. The third-order valence-corrected chi connectivity index (χ3v) is 3.29. The van der Waals surface area contributed by atoms with Crippen molar-refractivity contribution >= 4 is 22.7 Å². The van der Waals surface area contributed by atoms with Crippen molar-refractivity contribution in [2.45, 2.75) is 18.4 Å². The molecule has 18 heavy (non-hydrogen) atoms. The van der Waals surface area contributed by atoms with E-state index in [0.29, 0.717) is 29.6 Å². The van der Waals surface area contributed by atoms with Crippen molar-refractivity contribution < 1.29 is 9.21 Å². The van der Waals surface area contributed by atoms with Gasteiger partial charge in [0.1, 0.15) is 0 Å². The summed E-state index contributed by atoms with van der Waals surface area (Å²) in [6.07, 6.45) is 1.43. The molecule has 0 saturated heterocycles. The Bertz CT molecular complexity index is 694. The number of hydrogen-bond acceptors (Lipinski definition) is 4. The first-order valence-electron chi connectivity index (χ1n) is 5.69. The van der Waals surface area contributed by atoms with Gasteiger partial charge in [0.05, 0.1) is 11.1 Å². The maximum Gasteiger partial charge on any atom is 0.419 e. The van der Waals surface area contributed by atoms with E-state index in [1.54, 1.807) is 25.2 Å². The van der Waals surface area contributed by atoms with Crippen molar-refractivity contribution in [2.24, 2.45) is 12.8 Å². The molecule has 0 spiro atoms. The number of aromatic nitrogens is 1. The molecule has 1 fully saturated rings. The molecule has 3 rings (SSSR count). The molecule has 0 aliphatic heterocycles. The minimum absolute atomic E-state index is 0.185. The first-order chi connectivity index (χ1) is 8.49. The average Bonchev–Trinajstić information content (AvgIpc) is 3.03. The highest BCUT2D eigenvalue weighted by Gasteiger charge is 2.45. The van der Waals surface area contributed by atoms with Crippen LogP contribution in [0.4, 0.5) is 5.69 Å². The number of oxazole rings is 1. The number of amides is 1. The molecule has 1 saturated carbocycles. The van der Waals surface area contributed by atoms with Gasteiger partial charge in [0.15, 0.2) is 5.58 Å². The number of benzene rings is 1. The quantitative estimate of drug-likeness (QED) is 0.811. The molecule has 0 radical (unpaired) electrons. The highest BCUT2D eigenvalue weighted by Crippen LogP contribution is 2.33. The summed E-state index contributed by atoms with van der Waals surface area (Å²) in [6, 6.07) is 5.04. The summed E-state index contributed by atoms with van der Waals surface area (Å²) in [5.41, 5.74) is 6.83. The number of rotatable bonds is 2. The number of carbonyl (C=O) groups is 1. The van der Waals surface area contributed by atoms with E-state index in [4.69, 9.17) is 10.2 Å². The lowest BCUT2D eigenvalue weighted by atomic mass is 10.2. The molecule has 6 nitrogen and oxygen atoms in total. The van der Waals surface area contributed by atoms with Gasteiger partial charge in [-0.2, -0.15) is 0 Å². The lowest BCUT2D eigenvalue weighted by Gasteiger charge is -2.09. The summed E-state index contributed by atoms with van der Waals surface area (Å²) < 4.78 is 6.40. The van der Waals surface area contributed by atoms with E-state index in [0.717, 1.165) is 0 Å². The van der Waals surface area contributed by atoms with Crippen LogP contribution in [-0.2, 0) is 11.8 Å². The summed E-state index contributed by atoms with van der Waals surface area (Å²) >= 11 is 0. The van der Waals surface area contributed by atoms with E-state index in [9.17, 15) is 9.59 Å². The Balaban J connectivity index is 1.95. The molecule has 1 aromatic heterocycles. The number of anilines is 1. The van der Waals surface area contributed by atoms with Crippen molar-refractivity contribution in [3.8, 4) is 0 Å². The first-order valence-corrected chi connectivity index (χ1v) is 5.69. The lowest BCUT2D eigenvalue weighted by molar-refractivity contribution is -0.118. The molecule has 6 heteroatoms. The van der Waals surface area contributed by atoms with Crippen LogP contribution in [0.25, 0.3) is 11.1 Å². The number of nitrogens with one attached hydrogen (secondary N) is 1. The Kier molecular flexibility index (Phi) is 2.12. The summed E-state index contributed by atoms with van der Waals surface area (Å²) in [5.74, 6) is -0.610. The van der Waals surface area contributed by atoms with Gasteiger partial charge in [0, 0.05) is 12.7 Å². The topological polar surface area (TPSA) is 90.3 Å². The van der Waals surface area contributed by atoms with E-state index in [1.165, 1.54) is 4.57 Å². The molecule has 3 N–H and O–H groups in total. The van der Waals surface area contributed by atoms with Gasteiger partial charge >= 0.3 is 5.76 Å². The molecule has 94 valence electrons. The van der Waals surface area contributed by atoms with E-state index in [-0.39, 0.29) is 5.91 Å². The summed E-state index contributed by atoms with van der Waals surface area (Å²) in [5, 5.41) is 2.75. The third kappa shape index (κ3) is 1.62. The Hall–Kier alpha value is -2.08. The number of nitrogens with two attached hydrogens (primary N) is 1. The maximum atomic E-state index is 11.8. The van der Waals surface area contributed by atoms with Crippen LogP contribution >= 0.6 is 0 Å². The molecule has 2 aromatic rings. The normalized spacial score (nSPS) is 16.8. The van der Waals surface area contributed by atoms with Gasteiger partial charge in [-0.1, -0.05) is 0 Å². The minimum atomic E-state index is -0.711. The van der Waals surface area contributed by atoms with Gasteiger partial charge < -0.3 is 15.5 Å². The lowest BCUT2D eigenvalue weighted by Crippen LogP contribution is -2.37. The van der Waals surface area contributed by atoms with Crippen LogP contribution in [0.3, 0.4) is 0 Å². The van der Waals surface area contributed by atoms with Crippen molar-refractivity contribution in [1.82, 2.24) is 4.57 Å². The molecule has 1 aromatic carbocycles. The van der Waals surface area contributed by atoms with Crippen LogP contribution in [0.2, 0.25) is 0 Å². The Morgan fingerprint density at radius 1 is 1.50 bits per heavy atom. The number of carbonyl (C=O) groups excluding carboxylic acids is 1. The van der Waals surface area contributed by atoms with Crippen molar-refractivity contribution in [2.75, 3.05) is 5.32 Å². The molecule has 1 aliphatic carbocycles. The van der Waals surface area contributed by atoms with Crippen LogP contribution < -0.4 is 16.8 Å². The largest absolute Gasteiger partial charge is 0.419 e. The predicted molar refractivity (Wildman–Crippen MR) is 66.2 cm³/mol. The second kappa shape index (κ2) is 3.46. The van der Waals surface area contributed by atoms with Gasteiger partial charge in [0.2, 0.25) is 5.91 Å². The molecule has 1 aliphatic rings.